The number of benzene rings is 1. The van der Waals surface area contributed by atoms with Crippen molar-refractivity contribution in [1.29, 1.82) is 0 Å². The SMILES string of the molecule is C=C(C)CN(C)c1nnc(Cc2ccccc2F)s1. The molecule has 0 saturated heterocycles. The predicted molar refractivity (Wildman–Crippen MR) is 77.2 cm³/mol. The Kier molecular flexibility index (Phi) is 4.27. The van der Waals surface area contributed by atoms with Gasteiger partial charge in [-0.15, -0.1) is 10.2 Å². The van der Waals surface area contributed by atoms with Gasteiger partial charge in [0.1, 0.15) is 10.8 Å². The molecule has 1 aromatic carbocycles. The zero-order chi connectivity index (χ0) is 13.8. The van der Waals surface area contributed by atoms with E-state index in [2.05, 4.69) is 16.8 Å². The van der Waals surface area contributed by atoms with Crippen molar-refractivity contribution in [3.05, 3.63) is 52.8 Å². The maximum Gasteiger partial charge on any atom is 0.208 e. The van der Waals surface area contributed by atoms with Gasteiger partial charge in [-0.2, -0.15) is 0 Å². The summed E-state index contributed by atoms with van der Waals surface area (Å²) in [4.78, 5) is 1.99. The van der Waals surface area contributed by atoms with Gasteiger partial charge < -0.3 is 4.90 Å². The van der Waals surface area contributed by atoms with Crippen molar-refractivity contribution >= 4 is 16.5 Å². The van der Waals surface area contributed by atoms with Gasteiger partial charge >= 0.3 is 0 Å². The Labute approximate surface area is 116 Å². The van der Waals surface area contributed by atoms with Crippen molar-refractivity contribution in [2.45, 2.75) is 13.3 Å². The molecule has 0 aliphatic heterocycles. The summed E-state index contributed by atoms with van der Waals surface area (Å²) in [5.74, 6) is -0.199. The second-order valence-electron chi connectivity index (χ2n) is 4.56. The molecule has 0 amide bonds. The van der Waals surface area contributed by atoms with Crippen molar-refractivity contribution < 1.29 is 4.39 Å². The van der Waals surface area contributed by atoms with E-state index >= 15 is 0 Å². The number of hydrogen-bond acceptors (Lipinski definition) is 4. The van der Waals surface area contributed by atoms with Gasteiger partial charge in [0, 0.05) is 20.0 Å². The predicted octanol–water partition coefficient (Wildman–Crippen LogP) is 3.28. The van der Waals surface area contributed by atoms with Crippen LogP contribution in [-0.4, -0.2) is 23.8 Å². The molecule has 0 saturated carbocycles. The molecule has 0 unspecified atom stereocenters. The van der Waals surface area contributed by atoms with Crippen LogP contribution in [0.2, 0.25) is 0 Å². The lowest BCUT2D eigenvalue weighted by Crippen LogP contribution is -2.18. The number of hydrogen-bond donors (Lipinski definition) is 0. The Bertz CT molecular complexity index is 580. The highest BCUT2D eigenvalue weighted by Crippen LogP contribution is 2.22. The highest BCUT2D eigenvalue weighted by Gasteiger charge is 2.10. The van der Waals surface area contributed by atoms with Crippen LogP contribution < -0.4 is 4.90 Å². The quantitative estimate of drug-likeness (QED) is 0.785. The van der Waals surface area contributed by atoms with Crippen LogP contribution in [0.5, 0.6) is 0 Å². The van der Waals surface area contributed by atoms with Crippen LogP contribution in [0.4, 0.5) is 9.52 Å². The summed E-state index contributed by atoms with van der Waals surface area (Å²) < 4.78 is 13.5. The molecule has 100 valence electrons. The Morgan fingerprint density at radius 2 is 2.11 bits per heavy atom. The molecule has 0 fully saturated rings. The Morgan fingerprint density at radius 3 is 2.79 bits per heavy atom. The smallest absolute Gasteiger partial charge is 0.208 e. The molecule has 2 rings (SSSR count). The number of halogens is 1. The number of nitrogens with zero attached hydrogens (tertiary/aromatic N) is 3. The monoisotopic (exact) mass is 277 g/mol. The fourth-order valence-corrected chi connectivity index (χ4v) is 2.57. The minimum absolute atomic E-state index is 0.199. The molecular formula is C14H16FN3S. The molecule has 3 nitrogen and oxygen atoms in total. The summed E-state index contributed by atoms with van der Waals surface area (Å²) >= 11 is 1.48. The summed E-state index contributed by atoms with van der Waals surface area (Å²) in [6, 6.07) is 6.75. The van der Waals surface area contributed by atoms with Crippen LogP contribution in [0, 0.1) is 5.82 Å². The third kappa shape index (κ3) is 3.61. The number of likely N-dealkylation sites (N-methyl/N-ethyl adjacent to an activating group) is 1. The molecule has 0 N–H and O–H groups in total. The second kappa shape index (κ2) is 5.93. The first kappa shape index (κ1) is 13.7. The molecule has 5 heteroatoms. The van der Waals surface area contributed by atoms with Gasteiger partial charge in [-0.1, -0.05) is 41.7 Å². The maximum absolute atomic E-state index is 13.5. The fourth-order valence-electron chi connectivity index (χ4n) is 1.75. The standard InChI is InChI=1S/C14H16FN3S/c1-10(2)9-18(3)14-17-16-13(19-14)8-11-6-4-5-7-12(11)15/h4-7H,1,8-9H2,2-3H3. The van der Waals surface area contributed by atoms with Crippen molar-refractivity contribution in [3.63, 3.8) is 0 Å². The van der Waals surface area contributed by atoms with Gasteiger partial charge in [-0.05, 0) is 18.6 Å². The van der Waals surface area contributed by atoms with Gasteiger partial charge in [0.05, 0.1) is 0 Å². The van der Waals surface area contributed by atoms with Gasteiger partial charge in [0.15, 0.2) is 0 Å². The fraction of sp³-hybridized carbons (Fsp3) is 0.286. The van der Waals surface area contributed by atoms with Crippen LogP contribution in [0.15, 0.2) is 36.4 Å². The van der Waals surface area contributed by atoms with E-state index in [1.165, 1.54) is 17.4 Å². The number of aromatic nitrogens is 2. The minimum Gasteiger partial charge on any atom is -0.346 e. The van der Waals surface area contributed by atoms with Gasteiger partial charge in [-0.25, -0.2) is 4.39 Å². The van der Waals surface area contributed by atoms with E-state index in [1.807, 2.05) is 24.9 Å². The molecule has 0 atom stereocenters. The van der Waals surface area contributed by atoms with Crippen molar-refractivity contribution in [3.8, 4) is 0 Å². The van der Waals surface area contributed by atoms with E-state index in [0.717, 1.165) is 22.3 Å². The van der Waals surface area contributed by atoms with Crippen LogP contribution >= 0.6 is 11.3 Å². The molecule has 0 aliphatic carbocycles. The molecule has 0 bridgehead atoms. The highest BCUT2D eigenvalue weighted by molar-refractivity contribution is 7.15. The summed E-state index contributed by atoms with van der Waals surface area (Å²) in [6.45, 7) is 6.59. The molecule has 0 spiro atoms. The third-order valence-corrected chi connectivity index (χ3v) is 3.63. The van der Waals surface area contributed by atoms with Gasteiger partial charge in [0.25, 0.3) is 0 Å². The van der Waals surface area contributed by atoms with E-state index in [-0.39, 0.29) is 5.82 Å². The third-order valence-electron chi connectivity index (χ3n) is 2.59. The average Bonchev–Trinajstić information content (AvgIpc) is 2.80. The van der Waals surface area contributed by atoms with E-state index in [9.17, 15) is 4.39 Å². The number of rotatable bonds is 5. The molecule has 0 radical (unpaired) electrons. The summed E-state index contributed by atoms with van der Waals surface area (Å²) in [5, 5.41) is 9.88. The first-order valence-electron chi connectivity index (χ1n) is 5.97. The molecule has 19 heavy (non-hydrogen) atoms. The summed E-state index contributed by atoms with van der Waals surface area (Å²) in [6.07, 6.45) is 0.477. The van der Waals surface area contributed by atoms with Crippen LogP contribution in [0.3, 0.4) is 0 Å². The van der Waals surface area contributed by atoms with Gasteiger partial charge in [-0.3, -0.25) is 0 Å². The molecule has 0 aliphatic rings. The molecule has 1 heterocycles. The summed E-state index contributed by atoms with van der Waals surface area (Å²) in [5.41, 5.74) is 1.71. The van der Waals surface area contributed by atoms with E-state index in [1.54, 1.807) is 12.1 Å². The molecular weight excluding hydrogens is 261 g/mol. The Balaban J connectivity index is 2.09. The van der Waals surface area contributed by atoms with Crippen LogP contribution in [-0.2, 0) is 6.42 Å². The molecule has 1 aromatic heterocycles. The first-order chi connectivity index (χ1) is 9.06. The second-order valence-corrected chi connectivity index (χ2v) is 5.60. The highest BCUT2D eigenvalue weighted by atomic mass is 32.1. The van der Waals surface area contributed by atoms with E-state index in [0.29, 0.717) is 12.0 Å². The zero-order valence-electron chi connectivity index (χ0n) is 11.1. The van der Waals surface area contributed by atoms with Crippen molar-refractivity contribution in [1.82, 2.24) is 10.2 Å². The molecule has 2 aromatic rings. The first-order valence-corrected chi connectivity index (χ1v) is 6.79. The van der Waals surface area contributed by atoms with E-state index < -0.39 is 0 Å². The minimum atomic E-state index is -0.199. The van der Waals surface area contributed by atoms with E-state index in [4.69, 9.17) is 0 Å². The van der Waals surface area contributed by atoms with Gasteiger partial charge in [0.2, 0.25) is 5.13 Å². The lowest BCUT2D eigenvalue weighted by atomic mass is 10.1. The van der Waals surface area contributed by atoms with Crippen LogP contribution in [0.1, 0.15) is 17.5 Å². The normalized spacial score (nSPS) is 10.5. The van der Waals surface area contributed by atoms with Crippen LogP contribution in [0.25, 0.3) is 0 Å². The lowest BCUT2D eigenvalue weighted by Gasteiger charge is -2.14. The lowest BCUT2D eigenvalue weighted by molar-refractivity contribution is 0.613. The Hall–Kier alpha value is -1.75. The topological polar surface area (TPSA) is 29.0 Å². The Morgan fingerprint density at radius 1 is 1.37 bits per heavy atom. The van der Waals surface area contributed by atoms with Crippen molar-refractivity contribution in [2.75, 3.05) is 18.5 Å². The maximum atomic E-state index is 13.5. The zero-order valence-corrected chi connectivity index (χ0v) is 11.9. The average molecular weight is 277 g/mol. The van der Waals surface area contributed by atoms with Crippen molar-refractivity contribution in [2.24, 2.45) is 0 Å². The number of anilines is 1. The summed E-state index contributed by atoms with van der Waals surface area (Å²) in [7, 11) is 1.95. The largest absolute Gasteiger partial charge is 0.346 e.